The molecule has 0 radical (unpaired) electrons. The highest BCUT2D eigenvalue weighted by Gasteiger charge is 2.15. The van der Waals surface area contributed by atoms with Gasteiger partial charge in [-0.15, -0.1) is 11.3 Å². The molecule has 0 bridgehead atoms. The molecule has 1 rings (SSSR count). The Morgan fingerprint density at radius 1 is 1.50 bits per heavy atom. The summed E-state index contributed by atoms with van der Waals surface area (Å²) in [6.45, 7) is 0. The molecule has 0 aromatic carbocycles. The number of hydrogen-bond donors (Lipinski definition) is 1. The maximum atomic E-state index is 11.2. The topological polar surface area (TPSA) is 71.4 Å². The predicted molar refractivity (Wildman–Crippen MR) is 54.3 cm³/mol. The molecule has 0 aliphatic carbocycles. The van der Waals surface area contributed by atoms with Crippen LogP contribution in [0.5, 0.6) is 0 Å². The molecule has 1 aromatic heterocycles. The van der Waals surface area contributed by atoms with Gasteiger partial charge in [-0.3, -0.25) is 4.79 Å². The summed E-state index contributed by atoms with van der Waals surface area (Å²) in [5.74, 6) is -2.17. The van der Waals surface area contributed by atoms with Gasteiger partial charge in [0.15, 0.2) is 9.84 Å². The number of carboxylic acid groups (broad SMARTS) is 1. The molecular formula is C8H10O4S2. The molecule has 14 heavy (non-hydrogen) atoms. The number of carboxylic acids is 1. The van der Waals surface area contributed by atoms with E-state index < -0.39 is 21.6 Å². The Morgan fingerprint density at radius 2 is 2.21 bits per heavy atom. The van der Waals surface area contributed by atoms with E-state index in [1.165, 1.54) is 11.3 Å². The van der Waals surface area contributed by atoms with Gasteiger partial charge in [-0.25, -0.2) is 8.42 Å². The quantitative estimate of drug-likeness (QED) is 0.817. The van der Waals surface area contributed by atoms with Gasteiger partial charge in [0.25, 0.3) is 0 Å². The monoisotopic (exact) mass is 234 g/mol. The van der Waals surface area contributed by atoms with Crippen molar-refractivity contribution in [3.63, 3.8) is 0 Å². The van der Waals surface area contributed by atoms with E-state index in [1.54, 1.807) is 0 Å². The molecule has 0 unspecified atom stereocenters. The maximum Gasteiger partial charge on any atom is 0.318 e. The van der Waals surface area contributed by atoms with Crippen molar-refractivity contribution in [2.75, 3.05) is 11.5 Å². The summed E-state index contributed by atoms with van der Waals surface area (Å²) in [4.78, 5) is 11.2. The molecule has 1 N–H and O–H groups in total. The first-order chi connectivity index (χ1) is 6.49. The largest absolute Gasteiger partial charge is 0.480 e. The van der Waals surface area contributed by atoms with E-state index in [9.17, 15) is 13.2 Å². The van der Waals surface area contributed by atoms with Crippen LogP contribution < -0.4 is 0 Å². The average Bonchev–Trinajstić information content (AvgIpc) is 2.50. The van der Waals surface area contributed by atoms with Crippen molar-refractivity contribution < 1.29 is 18.3 Å². The Hall–Kier alpha value is -0.880. The summed E-state index contributed by atoms with van der Waals surface area (Å²) in [6.07, 6.45) is 0.396. The fraction of sp³-hybridized carbons (Fsp3) is 0.375. The van der Waals surface area contributed by atoms with Crippen LogP contribution in [0, 0.1) is 0 Å². The predicted octanol–water partition coefficient (Wildman–Crippen LogP) is 0.790. The summed E-state index contributed by atoms with van der Waals surface area (Å²) in [7, 11) is -3.45. The minimum atomic E-state index is -3.45. The number of aliphatic carboxylic acids is 1. The number of carbonyl (C=O) groups is 1. The molecule has 78 valence electrons. The van der Waals surface area contributed by atoms with E-state index in [2.05, 4.69) is 0 Å². The number of sulfone groups is 1. The third-order valence-corrected chi connectivity index (χ3v) is 4.03. The van der Waals surface area contributed by atoms with E-state index in [4.69, 9.17) is 5.11 Å². The Kier molecular flexibility index (Phi) is 3.65. The molecule has 4 nitrogen and oxygen atoms in total. The highest BCUT2D eigenvalue weighted by atomic mass is 32.2. The van der Waals surface area contributed by atoms with Crippen molar-refractivity contribution in [3.05, 3.63) is 22.4 Å². The lowest BCUT2D eigenvalue weighted by molar-refractivity contribution is -0.134. The minimum Gasteiger partial charge on any atom is -0.480 e. The van der Waals surface area contributed by atoms with Crippen LogP contribution in [0.25, 0.3) is 0 Å². The van der Waals surface area contributed by atoms with E-state index in [0.717, 1.165) is 4.88 Å². The highest BCUT2D eigenvalue weighted by molar-refractivity contribution is 7.92. The molecule has 1 heterocycles. The third kappa shape index (κ3) is 3.89. The number of thiophene rings is 1. The van der Waals surface area contributed by atoms with Gasteiger partial charge in [0, 0.05) is 4.88 Å². The summed E-state index contributed by atoms with van der Waals surface area (Å²) >= 11 is 1.47. The van der Waals surface area contributed by atoms with E-state index in [1.807, 2.05) is 17.5 Å². The van der Waals surface area contributed by atoms with Crippen molar-refractivity contribution in [3.8, 4) is 0 Å². The van der Waals surface area contributed by atoms with E-state index in [0.29, 0.717) is 6.42 Å². The van der Waals surface area contributed by atoms with E-state index >= 15 is 0 Å². The van der Waals surface area contributed by atoms with Gasteiger partial charge in [0.2, 0.25) is 0 Å². The molecule has 0 saturated heterocycles. The summed E-state index contributed by atoms with van der Waals surface area (Å²) in [6, 6.07) is 3.67. The zero-order chi connectivity index (χ0) is 10.6. The molecular weight excluding hydrogens is 224 g/mol. The van der Waals surface area contributed by atoms with E-state index in [-0.39, 0.29) is 5.75 Å². The first-order valence-corrected chi connectivity index (χ1v) is 6.64. The van der Waals surface area contributed by atoms with Crippen LogP contribution in [-0.2, 0) is 21.1 Å². The fourth-order valence-electron chi connectivity index (χ4n) is 0.971. The third-order valence-electron chi connectivity index (χ3n) is 1.58. The van der Waals surface area contributed by atoms with Crippen molar-refractivity contribution in [2.45, 2.75) is 6.42 Å². The van der Waals surface area contributed by atoms with Crippen LogP contribution in [0.4, 0.5) is 0 Å². The minimum absolute atomic E-state index is 0.0974. The molecule has 0 saturated carbocycles. The lowest BCUT2D eigenvalue weighted by atomic mass is 10.4. The number of rotatable bonds is 5. The lowest BCUT2D eigenvalue weighted by Crippen LogP contribution is -2.19. The Bertz CT molecular complexity index is 391. The molecule has 0 fully saturated rings. The fourth-order valence-corrected chi connectivity index (χ4v) is 2.86. The van der Waals surface area contributed by atoms with Crippen LogP contribution in [0.1, 0.15) is 4.88 Å². The van der Waals surface area contributed by atoms with Crippen LogP contribution in [0.3, 0.4) is 0 Å². The summed E-state index contributed by atoms with van der Waals surface area (Å²) in [5, 5.41) is 10.2. The van der Waals surface area contributed by atoms with Crippen molar-refractivity contribution in [1.82, 2.24) is 0 Å². The van der Waals surface area contributed by atoms with Crippen molar-refractivity contribution in [2.24, 2.45) is 0 Å². The molecule has 0 spiro atoms. The van der Waals surface area contributed by atoms with Gasteiger partial charge >= 0.3 is 5.97 Å². The van der Waals surface area contributed by atoms with Gasteiger partial charge < -0.3 is 5.11 Å². The molecule has 0 atom stereocenters. The van der Waals surface area contributed by atoms with Crippen molar-refractivity contribution >= 4 is 27.1 Å². The molecule has 1 aromatic rings. The molecule has 0 amide bonds. The van der Waals surface area contributed by atoms with Gasteiger partial charge in [0.1, 0.15) is 5.75 Å². The second-order valence-electron chi connectivity index (χ2n) is 2.82. The molecule has 0 aliphatic rings. The molecule has 6 heteroatoms. The Morgan fingerprint density at radius 3 is 2.71 bits per heavy atom. The second-order valence-corrected chi connectivity index (χ2v) is 6.03. The standard InChI is InChI=1S/C8H10O4S2/c9-8(10)6-14(11,12)5-3-7-2-1-4-13-7/h1-2,4H,3,5-6H2,(H,9,10). The number of aryl methyl sites for hydroxylation is 1. The highest BCUT2D eigenvalue weighted by Crippen LogP contribution is 2.10. The second kappa shape index (κ2) is 4.56. The first-order valence-electron chi connectivity index (χ1n) is 3.94. The van der Waals surface area contributed by atoms with Crippen LogP contribution in [0.2, 0.25) is 0 Å². The lowest BCUT2D eigenvalue weighted by Gasteiger charge is -1.98. The smallest absolute Gasteiger partial charge is 0.318 e. The van der Waals surface area contributed by atoms with Crippen molar-refractivity contribution in [1.29, 1.82) is 0 Å². The average molecular weight is 234 g/mol. The van der Waals surface area contributed by atoms with Gasteiger partial charge in [-0.2, -0.15) is 0 Å². The van der Waals surface area contributed by atoms with Gasteiger partial charge in [-0.05, 0) is 17.9 Å². The number of hydrogen-bond acceptors (Lipinski definition) is 4. The summed E-state index contributed by atoms with van der Waals surface area (Å²) in [5.41, 5.74) is 0. The first kappa shape index (κ1) is 11.2. The Balaban J connectivity index is 2.49. The SMILES string of the molecule is O=C(O)CS(=O)(=O)CCc1cccs1. The van der Waals surface area contributed by atoms with Crippen LogP contribution in [-0.4, -0.2) is 31.0 Å². The van der Waals surface area contributed by atoms with Crippen LogP contribution >= 0.6 is 11.3 Å². The molecule has 0 aliphatic heterocycles. The normalized spacial score (nSPS) is 11.4. The summed E-state index contributed by atoms with van der Waals surface area (Å²) < 4.78 is 22.3. The maximum absolute atomic E-state index is 11.2. The zero-order valence-electron chi connectivity index (χ0n) is 7.34. The Labute approximate surface area is 86.1 Å². The zero-order valence-corrected chi connectivity index (χ0v) is 8.97. The van der Waals surface area contributed by atoms with Gasteiger partial charge in [0.05, 0.1) is 5.75 Å². The van der Waals surface area contributed by atoms with Crippen LogP contribution in [0.15, 0.2) is 17.5 Å². The van der Waals surface area contributed by atoms with Gasteiger partial charge in [-0.1, -0.05) is 6.07 Å².